The van der Waals surface area contributed by atoms with E-state index in [-0.39, 0.29) is 25.0 Å². The summed E-state index contributed by atoms with van der Waals surface area (Å²) in [6.45, 7) is 2.23. The highest BCUT2D eigenvalue weighted by molar-refractivity contribution is 5.86. The van der Waals surface area contributed by atoms with Crippen molar-refractivity contribution in [1.29, 1.82) is 0 Å². The van der Waals surface area contributed by atoms with Crippen molar-refractivity contribution in [3.05, 3.63) is 0 Å². The van der Waals surface area contributed by atoms with Crippen LogP contribution in [0.4, 0.5) is 0 Å². The molecule has 1 aliphatic heterocycles. The summed E-state index contributed by atoms with van der Waals surface area (Å²) in [6, 6.07) is -0.574. The number of nitrogens with one attached hydrogen (secondary N) is 3. The Labute approximate surface area is 197 Å². The third-order valence-electron chi connectivity index (χ3n) is 7.46. The third-order valence-corrected chi connectivity index (χ3v) is 7.46. The van der Waals surface area contributed by atoms with Crippen LogP contribution in [0.15, 0.2) is 0 Å². The number of carboxylic acids is 1. The molecular formula is C24H42N4O5. The fourth-order valence-corrected chi connectivity index (χ4v) is 5.54. The molecule has 0 aromatic carbocycles. The molecule has 33 heavy (non-hydrogen) atoms. The average molecular weight is 467 g/mol. The molecule has 3 rings (SSSR count). The predicted octanol–water partition coefficient (Wildman–Crippen LogP) is 1.82. The molecule has 188 valence electrons. The van der Waals surface area contributed by atoms with Crippen LogP contribution >= 0.6 is 0 Å². The van der Waals surface area contributed by atoms with E-state index in [0.717, 1.165) is 77.3 Å². The summed E-state index contributed by atoms with van der Waals surface area (Å²) in [5.74, 6) is -0.710. The normalized spacial score (nSPS) is 21.6. The molecule has 3 fully saturated rings. The van der Waals surface area contributed by atoms with Gasteiger partial charge in [0.25, 0.3) is 0 Å². The van der Waals surface area contributed by atoms with Crippen LogP contribution in [0, 0.1) is 11.8 Å². The largest absolute Gasteiger partial charge is 0.480 e. The smallest absolute Gasteiger partial charge is 0.344 e. The van der Waals surface area contributed by atoms with E-state index in [1.807, 2.05) is 0 Å². The standard InChI is InChI=1S/C24H42N4O5/c29-22(30)16-26-21(14-18-6-2-1-3-7-18)24(32)28(20-8-4-5-9-20)17-23(31)33-27-15-19-10-12-25-13-11-19/h18-21,25-27H,1-17H2,(H,29,30)/t21-/m1/s1. The van der Waals surface area contributed by atoms with Crippen molar-refractivity contribution in [2.24, 2.45) is 11.8 Å². The van der Waals surface area contributed by atoms with Gasteiger partial charge in [-0.05, 0) is 57.0 Å². The molecule has 0 radical (unpaired) electrons. The van der Waals surface area contributed by atoms with Crippen molar-refractivity contribution < 1.29 is 24.3 Å². The Bertz CT molecular complexity index is 628. The first-order valence-corrected chi connectivity index (χ1v) is 12.9. The maximum absolute atomic E-state index is 13.6. The minimum Gasteiger partial charge on any atom is -0.480 e. The molecule has 1 amide bonds. The molecule has 4 N–H and O–H groups in total. The molecule has 0 unspecified atom stereocenters. The summed E-state index contributed by atoms with van der Waals surface area (Å²) in [5, 5.41) is 15.5. The highest BCUT2D eigenvalue weighted by atomic mass is 16.7. The Kier molecular flexibility index (Phi) is 10.9. The lowest BCUT2D eigenvalue weighted by Crippen LogP contribution is -2.53. The molecular weight excluding hydrogens is 424 g/mol. The van der Waals surface area contributed by atoms with E-state index in [9.17, 15) is 19.5 Å². The molecule has 9 nitrogen and oxygen atoms in total. The molecule has 3 aliphatic rings. The van der Waals surface area contributed by atoms with E-state index in [1.165, 1.54) is 6.42 Å². The monoisotopic (exact) mass is 466 g/mol. The first-order chi connectivity index (χ1) is 16.0. The van der Waals surface area contributed by atoms with Crippen LogP contribution in [0.1, 0.15) is 77.0 Å². The zero-order valence-electron chi connectivity index (χ0n) is 19.9. The lowest BCUT2D eigenvalue weighted by molar-refractivity contribution is -0.158. The summed E-state index contributed by atoms with van der Waals surface area (Å²) >= 11 is 0. The van der Waals surface area contributed by atoms with Gasteiger partial charge < -0.3 is 20.2 Å². The van der Waals surface area contributed by atoms with Crippen molar-refractivity contribution in [2.75, 3.05) is 32.7 Å². The lowest BCUT2D eigenvalue weighted by atomic mass is 9.84. The van der Waals surface area contributed by atoms with Gasteiger partial charge in [-0.2, -0.15) is 5.48 Å². The topological polar surface area (TPSA) is 120 Å². The zero-order chi connectivity index (χ0) is 23.5. The lowest BCUT2D eigenvalue weighted by Gasteiger charge is -2.34. The third kappa shape index (κ3) is 8.87. The molecule has 2 saturated carbocycles. The fourth-order valence-electron chi connectivity index (χ4n) is 5.54. The highest BCUT2D eigenvalue weighted by Gasteiger charge is 2.34. The van der Waals surface area contributed by atoms with Crippen molar-refractivity contribution in [3.8, 4) is 0 Å². The maximum Gasteiger partial charge on any atom is 0.344 e. The van der Waals surface area contributed by atoms with Crippen LogP contribution in [0.2, 0.25) is 0 Å². The summed E-state index contributed by atoms with van der Waals surface area (Å²) in [6.07, 6.45) is 12.2. The summed E-state index contributed by atoms with van der Waals surface area (Å²) in [5.41, 5.74) is 2.82. The second-order valence-corrected chi connectivity index (χ2v) is 9.99. The number of nitrogens with zero attached hydrogens (tertiary/aromatic N) is 1. The molecule has 0 spiro atoms. The van der Waals surface area contributed by atoms with Gasteiger partial charge >= 0.3 is 11.9 Å². The molecule has 9 heteroatoms. The number of hydrogen-bond acceptors (Lipinski definition) is 7. The van der Waals surface area contributed by atoms with Crippen LogP contribution in [-0.2, 0) is 19.2 Å². The van der Waals surface area contributed by atoms with Crippen LogP contribution in [0.25, 0.3) is 0 Å². The Hall–Kier alpha value is -1.71. The van der Waals surface area contributed by atoms with Crippen LogP contribution in [0.3, 0.4) is 0 Å². The van der Waals surface area contributed by atoms with Gasteiger partial charge in [0.1, 0.15) is 6.54 Å². The van der Waals surface area contributed by atoms with Crippen LogP contribution in [-0.4, -0.2) is 72.7 Å². The molecule has 0 aromatic heterocycles. The zero-order valence-corrected chi connectivity index (χ0v) is 19.9. The molecule has 1 heterocycles. The second-order valence-electron chi connectivity index (χ2n) is 9.99. The molecule has 2 aliphatic carbocycles. The Morgan fingerprint density at radius 2 is 1.61 bits per heavy atom. The molecule has 1 atom stereocenters. The SMILES string of the molecule is O=C(O)CN[C@H](CC1CCCCC1)C(=O)N(CC(=O)ONCC1CCNCC1)C1CCCC1. The van der Waals surface area contributed by atoms with Gasteiger partial charge in [0, 0.05) is 12.6 Å². The van der Waals surface area contributed by atoms with Crippen molar-refractivity contribution in [1.82, 2.24) is 21.0 Å². The summed E-state index contributed by atoms with van der Waals surface area (Å²) in [4.78, 5) is 44.4. The number of amides is 1. The first kappa shape index (κ1) is 25.9. The molecule has 0 aromatic rings. The van der Waals surface area contributed by atoms with Gasteiger partial charge in [-0.3, -0.25) is 14.9 Å². The minimum atomic E-state index is -0.981. The van der Waals surface area contributed by atoms with E-state index in [1.54, 1.807) is 4.90 Å². The van der Waals surface area contributed by atoms with Crippen molar-refractivity contribution >= 4 is 17.8 Å². The van der Waals surface area contributed by atoms with Gasteiger partial charge in [-0.1, -0.05) is 44.9 Å². The van der Waals surface area contributed by atoms with Crippen molar-refractivity contribution in [2.45, 2.75) is 89.1 Å². The van der Waals surface area contributed by atoms with Crippen LogP contribution in [0.5, 0.6) is 0 Å². The first-order valence-electron chi connectivity index (χ1n) is 12.9. The second kappa shape index (κ2) is 13.9. The Morgan fingerprint density at radius 3 is 2.27 bits per heavy atom. The van der Waals surface area contributed by atoms with Crippen LogP contribution < -0.4 is 16.1 Å². The summed E-state index contributed by atoms with van der Waals surface area (Å²) < 4.78 is 0. The van der Waals surface area contributed by atoms with E-state index in [0.29, 0.717) is 24.8 Å². The molecule has 0 bridgehead atoms. The number of piperidine rings is 1. The number of carbonyl (C=O) groups is 3. The highest BCUT2D eigenvalue weighted by Crippen LogP contribution is 2.29. The number of aliphatic carboxylic acids is 1. The van der Waals surface area contributed by atoms with E-state index in [4.69, 9.17) is 4.84 Å². The quantitative estimate of drug-likeness (QED) is 0.322. The van der Waals surface area contributed by atoms with E-state index < -0.39 is 18.0 Å². The number of hydrogen-bond donors (Lipinski definition) is 4. The Balaban J connectivity index is 1.58. The van der Waals surface area contributed by atoms with Gasteiger partial charge in [-0.25, -0.2) is 4.79 Å². The Morgan fingerprint density at radius 1 is 0.939 bits per heavy atom. The van der Waals surface area contributed by atoms with Gasteiger partial charge in [0.15, 0.2) is 0 Å². The minimum absolute atomic E-state index is 0.00922. The number of carbonyl (C=O) groups excluding carboxylic acids is 2. The van der Waals surface area contributed by atoms with E-state index >= 15 is 0 Å². The predicted molar refractivity (Wildman–Crippen MR) is 124 cm³/mol. The summed E-state index contributed by atoms with van der Waals surface area (Å²) in [7, 11) is 0. The molecule has 1 saturated heterocycles. The fraction of sp³-hybridized carbons (Fsp3) is 0.875. The van der Waals surface area contributed by atoms with Gasteiger partial charge in [0.05, 0.1) is 12.6 Å². The number of rotatable bonds is 12. The van der Waals surface area contributed by atoms with Crippen molar-refractivity contribution in [3.63, 3.8) is 0 Å². The van der Waals surface area contributed by atoms with Gasteiger partial charge in [0.2, 0.25) is 5.91 Å². The van der Waals surface area contributed by atoms with E-state index in [2.05, 4.69) is 16.1 Å². The van der Waals surface area contributed by atoms with Gasteiger partial charge in [-0.15, -0.1) is 0 Å². The average Bonchev–Trinajstić information content (AvgIpc) is 3.36. The number of carboxylic acid groups (broad SMARTS) is 1. The maximum atomic E-state index is 13.6. The number of hydroxylamine groups is 1.